The van der Waals surface area contributed by atoms with Gasteiger partial charge in [0.05, 0.1) is 0 Å². The summed E-state index contributed by atoms with van der Waals surface area (Å²) in [5.41, 5.74) is 4.26. The average molecular weight is 383 g/mol. The zero-order valence-corrected chi connectivity index (χ0v) is 17.7. The van der Waals surface area contributed by atoms with Crippen LogP contribution in [0.4, 0.5) is 5.82 Å². The Balaban J connectivity index is 1.73. The van der Waals surface area contributed by atoms with E-state index in [1.807, 2.05) is 26.2 Å². The Labute approximate surface area is 167 Å². The van der Waals surface area contributed by atoms with E-state index in [1.165, 1.54) is 16.0 Å². The molecule has 3 rings (SSSR count). The highest BCUT2D eigenvalue weighted by Gasteiger charge is 2.27. The van der Waals surface area contributed by atoms with Gasteiger partial charge in [0, 0.05) is 62.9 Å². The van der Waals surface area contributed by atoms with E-state index in [-0.39, 0.29) is 17.8 Å². The highest BCUT2D eigenvalue weighted by atomic mass is 16.2. The van der Waals surface area contributed by atoms with E-state index in [0.29, 0.717) is 6.04 Å². The molecular weight excluding hydrogens is 352 g/mol. The van der Waals surface area contributed by atoms with Gasteiger partial charge in [-0.1, -0.05) is 6.07 Å². The lowest BCUT2D eigenvalue weighted by Gasteiger charge is -2.23. The predicted octanol–water partition coefficient (Wildman–Crippen LogP) is 2.43. The molecule has 0 saturated carbocycles. The number of amides is 1. The number of rotatable bonds is 5. The number of hydrogen-bond donors (Lipinski definition) is 1. The van der Waals surface area contributed by atoms with Gasteiger partial charge in [-0.2, -0.15) is 0 Å². The van der Waals surface area contributed by atoms with Crippen LogP contribution in [0.3, 0.4) is 0 Å². The second-order valence-corrected chi connectivity index (χ2v) is 7.90. The third kappa shape index (κ3) is 4.30. The zero-order chi connectivity index (χ0) is 20.4. The summed E-state index contributed by atoms with van der Waals surface area (Å²) in [6.45, 7) is 9.96. The van der Waals surface area contributed by atoms with Crippen LogP contribution in [0.1, 0.15) is 52.4 Å². The fraction of sp³-hybridized carbons (Fsp3) is 0.524. The summed E-state index contributed by atoms with van der Waals surface area (Å²) in [4.78, 5) is 29.4. The van der Waals surface area contributed by atoms with E-state index in [0.717, 1.165) is 36.6 Å². The maximum absolute atomic E-state index is 12.3. The molecule has 0 bridgehead atoms. The van der Waals surface area contributed by atoms with Crippen molar-refractivity contribution < 1.29 is 4.79 Å². The van der Waals surface area contributed by atoms with E-state index < -0.39 is 0 Å². The maximum atomic E-state index is 12.3. The summed E-state index contributed by atoms with van der Waals surface area (Å²) < 4.78 is 0. The summed E-state index contributed by atoms with van der Waals surface area (Å²) in [6.07, 6.45) is 4.83. The van der Waals surface area contributed by atoms with Crippen molar-refractivity contribution in [2.75, 3.05) is 32.1 Å². The van der Waals surface area contributed by atoms with E-state index in [9.17, 15) is 4.79 Å². The summed E-state index contributed by atoms with van der Waals surface area (Å²) in [5.74, 6) is 0.962. The molecule has 3 heterocycles. The molecule has 1 aliphatic rings. The molecule has 0 aromatic carbocycles. The van der Waals surface area contributed by atoms with Crippen molar-refractivity contribution in [2.24, 2.45) is 0 Å². The summed E-state index contributed by atoms with van der Waals surface area (Å²) >= 11 is 0. The first-order valence-electron chi connectivity index (χ1n) is 9.75. The smallest absolute Gasteiger partial charge is 0.291 e. The molecule has 2 atom stereocenters. The number of anilines is 1. The molecule has 0 radical (unpaired) electrons. The van der Waals surface area contributed by atoms with Gasteiger partial charge < -0.3 is 15.1 Å². The van der Waals surface area contributed by atoms with Crippen molar-refractivity contribution in [1.29, 1.82) is 0 Å². The van der Waals surface area contributed by atoms with Crippen molar-refractivity contribution in [1.82, 2.24) is 25.2 Å². The molecule has 2 aromatic heterocycles. The number of nitrogens with zero attached hydrogens (tertiary/aromatic N) is 5. The summed E-state index contributed by atoms with van der Waals surface area (Å²) in [6, 6.07) is 2.77. The Morgan fingerprint density at radius 1 is 1.25 bits per heavy atom. The van der Waals surface area contributed by atoms with Gasteiger partial charge in [-0.25, -0.2) is 9.97 Å². The number of aromatic nitrogens is 3. The minimum atomic E-state index is -0.168. The van der Waals surface area contributed by atoms with Crippen molar-refractivity contribution in [3.63, 3.8) is 0 Å². The Kier molecular flexibility index (Phi) is 5.93. The van der Waals surface area contributed by atoms with Gasteiger partial charge in [-0.05, 0) is 45.2 Å². The third-order valence-electron chi connectivity index (χ3n) is 5.33. The molecular formula is C21H30N6O. The van der Waals surface area contributed by atoms with Gasteiger partial charge in [-0.15, -0.1) is 0 Å². The van der Waals surface area contributed by atoms with Gasteiger partial charge in [0.25, 0.3) is 5.91 Å². The average Bonchev–Trinajstić information content (AvgIpc) is 3.11. The quantitative estimate of drug-likeness (QED) is 0.856. The van der Waals surface area contributed by atoms with Crippen LogP contribution in [0.15, 0.2) is 18.5 Å². The highest BCUT2D eigenvalue weighted by Crippen LogP contribution is 2.25. The van der Waals surface area contributed by atoms with Crippen LogP contribution in [0.25, 0.3) is 0 Å². The van der Waals surface area contributed by atoms with Crippen LogP contribution < -0.4 is 10.2 Å². The van der Waals surface area contributed by atoms with Gasteiger partial charge in [0.2, 0.25) is 5.82 Å². The van der Waals surface area contributed by atoms with E-state index in [4.69, 9.17) is 0 Å². The maximum Gasteiger partial charge on any atom is 0.291 e. The van der Waals surface area contributed by atoms with Crippen LogP contribution in [0.2, 0.25) is 0 Å². The largest absolute Gasteiger partial charge is 0.355 e. The van der Waals surface area contributed by atoms with Crippen molar-refractivity contribution in [3.8, 4) is 0 Å². The molecule has 0 aliphatic carbocycles. The second kappa shape index (κ2) is 8.22. The standard InChI is InChI=1S/C21H30N6O/c1-13-9-17(11-22-10-13)16(4)23-18-7-8-27(12-18)20-14(2)15(3)24-19(25-20)21(28)26(5)6/h9-11,16,18,23H,7-8,12H2,1-6H3/t16?,18-/m1/s1. The van der Waals surface area contributed by atoms with Gasteiger partial charge in [0.1, 0.15) is 5.82 Å². The first-order valence-corrected chi connectivity index (χ1v) is 9.75. The number of aryl methyl sites for hydroxylation is 2. The number of hydrogen-bond acceptors (Lipinski definition) is 6. The minimum absolute atomic E-state index is 0.168. The van der Waals surface area contributed by atoms with Gasteiger partial charge in [0.15, 0.2) is 0 Å². The Bertz CT molecular complexity index is 866. The van der Waals surface area contributed by atoms with Crippen LogP contribution >= 0.6 is 0 Å². The number of carbonyl (C=O) groups excluding carboxylic acids is 1. The normalized spacial score (nSPS) is 17.6. The van der Waals surface area contributed by atoms with E-state index in [2.05, 4.69) is 45.1 Å². The molecule has 7 nitrogen and oxygen atoms in total. The molecule has 150 valence electrons. The molecule has 1 fully saturated rings. The fourth-order valence-electron chi connectivity index (χ4n) is 3.57. The molecule has 2 aromatic rings. The molecule has 28 heavy (non-hydrogen) atoms. The second-order valence-electron chi connectivity index (χ2n) is 7.90. The topological polar surface area (TPSA) is 74.2 Å². The highest BCUT2D eigenvalue weighted by molar-refractivity contribution is 5.90. The first kappa shape index (κ1) is 20.2. The number of pyridine rings is 1. The number of carbonyl (C=O) groups is 1. The lowest BCUT2D eigenvalue weighted by molar-refractivity contribution is 0.0815. The van der Waals surface area contributed by atoms with Gasteiger partial charge >= 0.3 is 0 Å². The van der Waals surface area contributed by atoms with Crippen LogP contribution in [-0.4, -0.2) is 59.0 Å². The Morgan fingerprint density at radius 2 is 2.00 bits per heavy atom. The zero-order valence-electron chi connectivity index (χ0n) is 17.7. The molecule has 7 heteroatoms. The summed E-state index contributed by atoms with van der Waals surface area (Å²) in [7, 11) is 3.44. The van der Waals surface area contributed by atoms with E-state index >= 15 is 0 Å². The molecule has 1 aliphatic heterocycles. The molecule has 0 spiro atoms. The molecule has 1 N–H and O–H groups in total. The minimum Gasteiger partial charge on any atom is -0.355 e. The molecule has 1 amide bonds. The lowest BCUT2D eigenvalue weighted by atomic mass is 10.1. The van der Waals surface area contributed by atoms with Crippen LogP contribution in [0.5, 0.6) is 0 Å². The first-order chi connectivity index (χ1) is 13.3. The third-order valence-corrected chi connectivity index (χ3v) is 5.33. The van der Waals surface area contributed by atoms with Crippen molar-refractivity contribution in [3.05, 3.63) is 46.7 Å². The lowest BCUT2D eigenvalue weighted by Crippen LogP contribution is -2.35. The van der Waals surface area contributed by atoms with Crippen molar-refractivity contribution >= 4 is 11.7 Å². The van der Waals surface area contributed by atoms with Gasteiger partial charge in [-0.3, -0.25) is 9.78 Å². The predicted molar refractivity (Wildman–Crippen MR) is 111 cm³/mol. The SMILES string of the molecule is Cc1cncc(C(C)N[C@@H]2CCN(c3nc(C(=O)N(C)C)nc(C)c3C)C2)c1. The van der Waals surface area contributed by atoms with Crippen molar-refractivity contribution in [2.45, 2.75) is 46.2 Å². The number of nitrogens with one attached hydrogen (secondary N) is 1. The van der Waals surface area contributed by atoms with E-state index in [1.54, 1.807) is 14.1 Å². The summed E-state index contributed by atoms with van der Waals surface area (Å²) in [5, 5.41) is 3.71. The molecule has 1 unspecified atom stereocenters. The molecule has 1 saturated heterocycles. The Morgan fingerprint density at radius 3 is 2.68 bits per heavy atom. The van der Waals surface area contributed by atoms with Crippen LogP contribution in [0, 0.1) is 20.8 Å². The fourth-order valence-corrected chi connectivity index (χ4v) is 3.57. The Hall–Kier alpha value is -2.54. The monoisotopic (exact) mass is 382 g/mol. The van der Waals surface area contributed by atoms with Crippen LogP contribution in [-0.2, 0) is 0 Å².